The van der Waals surface area contributed by atoms with Crippen molar-refractivity contribution in [2.24, 2.45) is 0 Å². The fourth-order valence-electron chi connectivity index (χ4n) is 3.64. The predicted octanol–water partition coefficient (Wildman–Crippen LogP) is 2.42. The maximum Gasteiger partial charge on any atom is 0.251 e. The van der Waals surface area contributed by atoms with Crippen LogP contribution in [0.25, 0.3) is 0 Å². The van der Waals surface area contributed by atoms with Gasteiger partial charge in [0.1, 0.15) is 5.82 Å². The fourth-order valence-corrected chi connectivity index (χ4v) is 3.64. The van der Waals surface area contributed by atoms with Gasteiger partial charge in [-0.1, -0.05) is 6.07 Å². The molecule has 1 aliphatic heterocycles. The van der Waals surface area contributed by atoms with E-state index in [1.54, 1.807) is 0 Å². The van der Waals surface area contributed by atoms with E-state index in [1.165, 1.54) is 30.4 Å². The highest BCUT2D eigenvalue weighted by Gasteiger charge is 2.17. The third kappa shape index (κ3) is 2.87. The first-order valence-corrected chi connectivity index (χ1v) is 8.62. The zero-order valence-electron chi connectivity index (χ0n) is 13.3. The summed E-state index contributed by atoms with van der Waals surface area (Å²) < 4.78 is 2.15. The first kappa shape index (κ1) is 14.4. The predicted molar refractivity (Wildman–Crippen MR) is 87.2 cm³/mol. The number of carbonyl (C=O) groups is 1. The molecule has 5 nitrogen and oxygen atoms in total. The van der Waals surface area contributed by atoms with Crippen LogP contribution in [0.3, 0.4) is 0 Å². The lowest BCUT2D eigenvalue weighted by atomic mass is 9.90. The van der Waals surface area contributed by atoms with Crippen LogP contribution in [0.4, 0.5) is 0 Å². The van der Waals surface area contributed by atoms with Crippen molar-refractivity contribution in [1.29, 1.82) is 0 Å². The van der Waals surface area contributed by atoms with Crippen molar-refractivity contribution in [3.8, 4) is 0 Å². The van der Waals surface area contributed by atoms with Gasteiger partial charge >= 0.3 is 0 Å². The van der Waals surface area contributed by atoms with Crippen molar-refractivity contribution in [2.75, 3.05) is 0 Å². The average Bonchev–Trinajstić information content (AvgIpc) is 3.02. The summed E-state index contributed by atoms with van der Waals surface area (Å²) in [5.74, 6) is 1.90. The van der Waals surface area contributed by atoms with Gasteiger partial charge in [-0.25, -0.2) is 0 Å². The zero-order valence-corrected chi connectivity index (χ0v) is 13.3. The van der Waals surface area contributed by atoms with Gasteiger partial charge in [-0.15, -0.1) is 10.2 Å². The maximum atomic E-state index is 12.4. The highest BCUT2D eigenvalue weighted by atomic mass is 16.1. The SMILES string of the molecule is O=C(NCc1nnc2n1CCCC2)c1ccc2c(c1)CCCC2. The molecule has 0 fully saturated rings. The van der Waals surface area contributed by atoms with Gasteiger partial charge in [-0.05, 0) is 61.8 Å². The van der Waals surface area contributed by atoms with Crippen LogP contribution in [0.5, 0.6) is 0 Å². The van der Waals surface area contributed by atoms with Gasteiger partial charge in [0, 0.05) is 18.5 Å². The van der Waals surface area contributed by atoms with Gasteiger partial charge in [0.25, 0.3) is 5.91 Å². The average molecular weight is 310 g/mol. The molecule has 0 spiro atoms. The number of aromatic nitrogens is 3. The van der Waals surface area contributed by atoms with Crippen molar-refractivity contribution in [3.63, 3.8) is 0 Å². The van der Waals surface area contributed by atoms with Crippen LogP contribution < -0.4 is 5.32 Å². The van der Waals surface area contributed by atoms with E-state index in [2.05, 4.69) is 32.2 Å². The van der Waals surface area contributed by atoms with Gasteiger partial charge in [0.2, 0.25) is 0 Å². The molecule has 0 unspecified atom stereocenters. The molecule has 1 aliphatic carbocycles. The van der Waals surface area contributed by atoms with Crippen LogP contribution in [-0.4, -0.2) is 20.7 Å². The molecule has 4 rings (SSSR count). The van der Waals surface area contributed by atoms with E-state index in [4.69, 9.17) is 0 Å². The molecule has 1 aromatic carbocycles. The smallest absolute Gasteiger partial charge is 0.251 e. The zero-order chi connectivity index (χ0) is 15.6. The standard InChI is InChI=1S/C18H22N4O/c23-18(15-9-8-13-5-1-2-6-14(13)11-15)19-12-17-21-20-16-7-3-4-10-22(16)17/h8-9,11H,1-7,10,12H2,(H,19,23). The van der Waals surface area contributed by atoms with E-state index in [9.17, 15) is 4.79 Å². The number of amides is 1. The van der Waals surface area contributed by atoms with E-state index in [1.807, 2.05) is 6.07 Å². The van der Waals surface area contributed by atoms with Crippen molar-refractivity contribution in [2.45, 2.75) is 58.0 Å². The van der Waals surface area contributed by atoms with E-state index in [-0.39, 0.29) is 5.91 Å². The third-order valence-corrected chi connectivity index (χ3v) is 4.95. The van der Waals surface area contributed by atoms with Gasteiger partial charge in [0.15, 0.2) is 5.82 Å². The highest BCUT2D eigenvalue weighted by molar-refractivity contribution is 5.94. The Bertz CT molecular complexity index is 735. The first-order valence-electron chi connectivity index (χ1n) is 8.62. The molecule has 2 aromatic rings. The minimum Gasteiger partial charge on any atom is -0.345 e. The molecule has 23 heavy (non-hydrogen) atoms. The summed E-state index contributed by atoms with van der Waals surface area (Å²) in [4.78, 5) is 12.4. The monoisotopic (exact) mass is 310 g/mol. The molecule has 2 heterocycles. The maximum absolute atomic E-state index is 12.4. The lowest BCUT2D eigenvalue weighted by Gasteiger charge is -2.17. The molecule has 1 aromatic heterocycles. The van der Waals surface area contributed by atoms with Crippen LogP contribution in [0, 0.1) is 0 Å². The number of nitrogens with one attached hydrogen (secondary N) is 1. The normalized spacial score (nSPS) is 16.5. The number of fused-ring (bicyclic) bond motifs is 2. The van der Waals surface area contributed by atoms with Crippen molar-refractivity contribution >= 4 is 5.91 Å². The lowest BCUT2D eigenvalue weighted by molar-refractivity contribution is 0.0949. The molecule has 0 atom stereocenters. The Morgan fingerprint density at radius 2 is 1.87 bits per heavy atom. The number of hydrogen-bond donors (Lipinski definition) is 1. The number of benzene rings is 1. The molecule has 120 valence electrons. The molecule has 1 N–H and O–H groups in total. The number of nitrogens with zero attached hydrogens (tertiary/aromatic N) is 3. The molecule has 5 heteroatoms. The Labute approximate surface area is 136 Å². The van der Waals surface area contributed by atoms with Crippen molar-refractivity contribution in [1.82, 2.24) is 20.1 Å². The number of aryl methyl sites for hydroxylation is 3. The highest BCUT2D eigenvalue weighted by Crippen LogP contribution is 2.22. The van der Waals surface area contributed by atoms with E-state index >= 15 is 0 Å². The van der Waals surface area contributed by atoms with Crippen molar-refractivity contribution < 1.29 is 4.79 Å². The lowest BCUT2D eigenvalue weighted by Crippen LogP contribution is -2.26. The van der Waals surface area contributed by atoms with E-state index < -0.39 is 0 Å². The largest absolute Gasteiger partial charge is 0.345 e. The molecular formula is C18H22N4O. The van der Waals surface area contributed by atoms with Crippen molar-refractivity contribution in [3.05, 3.63) is 46.5 Å². The molecule has 0 bridgehead atoms. The van der Waals surface area contributed by atoms with Crippen LogP contribution in [0.2, 0.25) is 0 Å². The summed E-state index contributed by atoms with van der Waals surface area (Å²) in [5, 5.41) is 11.5. The molecule has 0 saturated heterocycles. The second-order valence-corrected chi connectivity index (χ2v) is 6.51. The second kappa shape index (κ2) is 6.14. The Hall–Kier alpha value is -2.17. The van der Waals surface area contributed by atoms with Gasteiger partial charge in [-0.2, -0.15) is 0 Å². The molecule has 0 radical (unpaired) electrons. The molecular weight excluding hydrogens is 288 g/mol. The van der Waals surface area contributed by atoms with E-state index in [0.29, 0.717) is 6.54 Å². The summed E-state index contributed by atoms with van der Waals surface area (Å²) in [6, 6.07) is 6.12. The molecule has 2 aliphatic rings. The first-order chi connectivity index (χ1) is 11.3. The third-order valence-electron chi connectivity index (χ3n) is 4.95. The minimum atomic E-state index is -0.0217. The number of carbonyl (C=O) groups excluding carboxylic acids is 1. The Morgan fingerprint density at radius 3 is 2.78 bits per heavy atom. The second-order valence-electron chi connectivity index (χ2n) is 6.51. The molecule has 1 amide bonds. The van der Waals surface area contributed by atoms with Gasteiger partial charge in [0.05, 0.1) is 6.54 Å². The summed E-state index contributed by atoms with van der Waals surface area (Å²) >= 11 is 0. The summed E-state index contributed by atoms with van der Waals surface area (Å²) in [6.07, 6.45) is 8.06. The fraction of sp³-hybridized carbons (Fsp3) is 0.500. The van der Waals surface area contributed by atoms with Crippen LogP contribution in [0.1, 0.15) is 58.8 Å². The Kier molecular flexibility index (Phi) is 3.85. The van der Waals surface area contributed by atoms with Gasteiger partial charge < -0.3 is 9.88 Å². The van der Waals surface area contributed by atoms with E-state index in [0.717, 1.165) is 49.4 Å². The minimum absolute atomic E-state index is 0.0217. The van der Waals surface area contributed by atoms with Crippen LogP contribution in [-0.2, 0) is 32.4 Å². The van der Waals surface area contributed by atoms with Gasteiger partial charge in [-0.3, -0.25) is 4.79 Å². The topological polar surface area (TPSA) is 59.8 Å². The Morgan fingerprint density at radius 1 is 1.04 bits per heavy atom. The quantitative estimate of drug-likeness (QED) is 0.947. The summed E-state index contributed by atoms with van der Waals surface area (Å²) in [5.41, 5.74) is 3.49. The van der Waals surface area contributed by atoms with Crippen LogP contribution in [0.15, 0.2) is 18.2 Å². The number of hydrogen-bond acceptors (Lipinski definition) is 3. The van der Waals surface area contributed by atoms with Crippen LogP contribution >= 0.6 is 0 Å². The number of rotatable bonds is 3. The summed E-state index contributed by atoms with van der Waals surface area (Å²) in [7, 11) is 0. The Balaban J connectivity index is 1.45. The molecule has 0 saturated carbocycles. The summed E-state index contributed by atoms with van der Waals surface area (Å²) in [6.45, 7) is 1.41.